The van der Waals surface area contributed by atoms with Crippen molar-refractivity contribution in [2.24, 2.45) is 0 Å². The topological polar surface area (TPSA) is 101 Å². The molecule has 0 saturated heterocycles. The second-order valence-corrected chi connectivity index (χ2v) is 8.71. The highest BCUT2D eigenvalue weighted by molar-refractivity contribution is 7.91. The van der Waals surface area contributed by atoms with Crippen molar-refractivity contribution >= 4 is 21.4 Å². The number of aryl methyl sites for hydroxylation is 1. The lowest BCUT2D eigenvalue weighted by atomic mass is 10.2. The number of nitrogens with one attached hydrogen (secondary N) is 1. The van der Waals surface area contributed by atoms with Crippen LogP contribution in [0.3, 0.4) is 0 Å². The predicted octanol–water partition coefficient (Wildman–Crippen LogP) is 3.24. The normalized spacial score (nSPS) is 11.4. The van der Waals surface area contributed by atoms with E-state index in [1.807, 2.05) is 31.2 Å². The molecule has 0 aliphatic heterocycles. The van der Waals surface area contributed by atoms with Crippen molar-refractivity contribution in [1.82, 2.24) is 9.78 Å². The van der Waals surface area contributed by atoms with Gasteiger partial charge in [0.25, 0.3) is 5.91 Å². The van der Waals surface area contributed by atoms with Gasteiger partial charge in [-0.2, -0.15) is 5.10 Å². The number of sulfone groups is 1. The fourth-order valence-corrected chi connectivity index (χ4v) is 3.72. The van der Waals surface area contributed by atoms with Crippen LogP contribution in [0.5, 0.6) is 5.75 Å². The van der Waals surface area contributed by atoms with Crippen molar-refractivity contribution in [3.05, 3.63) is 65.5 Å². The Bertz CT molecular complexity index is 1150. The van der Waals surface area contributed by atoms with Gasteiger partial charge in [0.2, 0.25) is 0 Å². The van der Waals surface area contributed by atoms with Crippen LogP contribution in [-0.2, 0) is 9.84 Å². The number of hydrogen-bond donors (Lipinski definition) is 2. The highest BCUT2D eigenvalue weighted by Crippen LogP contribution is 2.28. The summed E-state index contributed by atoms with van der Waals surface area (Å²) in [5.41, 5.74) is 2.87. The Labute approximate surface area is 163 Å². The molecule has 146 valence electrons. The van der Waals surface area contributed by atoms with Gasteiger partial charge >= 0.3 is 0 Å². The highest BCUT2D eigenvalue weighted by atomic mass is 32.2. The number of rotatable bonds is 5. The number of aromatic nitrogens is 2. The van der Waals surface area contributed by atoms with Gasteiger partial charge in [0.05, 0.1) is 39.5 Å². The van der Waals surface area contributed by atoms with Crippen molar-refractivity contribution < 1.29 is 18.3 Å². The SMILES string of the molecule is CCS(=O)(=O)c1ccc(O)c(NC(=O)c2cnn(-c3cccc(C)c3)c2C)c1. The number of carbonyl (C=O) groups is 1. The second kappa shape index (κ2) is 7.47. The lowest BCUT2D eigenvalue weighted by molar-refractivity contribution is 0.102. The number of benzene rings is 2. The molecule has 0 radical (unpaired) electrons. The van der Waals surface area contributed by atoms with Crippen molar-refractivity contribution in [3.8, 4) is 11.4 Å². The number of carbonyl (C=O) groups excluding carboxylic acids is 1. The summed E-state index contributed by atoms with van der Waals surface area (Å²) in [6, 6.07) is 11.5. The summed E-state index contributed by atoms with van der Waals surface area (Å²) in [5, 5.41) is 16.9. The van der Waals surface area contributed by atoms with Crippen LogP contribution in [-0.4, -0.2) is 35.0 Å². The number of amides is 1. The molecular formula is C20H21N3O4S. The van der Waals surface area contributed by atoms with Crippen molar-refractivity contribution in [3.63, 3.8) is 0 Å². The minimum atomic E-state index is -3.46. The Kier molecular flexibility index (Phi) is 5.24. The fraction of sp³-hybridized carbons (Fsp3) is 0.200. The van der Waals surface area contributed by atoms with E-state index in [2.05, 4.69) is 10.4 Å². The van der Waals surface area contributed by atoms with E-state index in [9.17, 15) is 18.3 Å². The minimum Gasteiger partial charge on any atom is -0.506 e. The van der Waals surface area contributed by atoms with Crippen LogP contribution < -0.4 is 5.32 Å². The quantitative estimate of drug-likeness (QED) is 0.642. The number of anilines is 1. The Morgan fingerprint density at radius 3 is 2.61 bits per heavy atom. The predicted molar refractivity (Wildman–Crippen MR) is 107 cm³/mol. The number of phenols is 1. The monoisotopic (exact) mass is 399 g/mol. The first kappa shape index (κ1) is 19.6. The Morgan fingerprint density at radius 1 is 1.18 bits per heavy atom. The average Bonchev–Trinajstić information content (AvgIpc) is 3.05. The zero-order chi connectivity index (χ0) is 20.5. The molecule has 0 bridgehead atoms. The van der Waals surface area contributed by atoms with Crippen molar-refractivity contribution in [2.75, 3.05) is 11.1 Å². The molecule has 0 saturated carbocycles. The van der Waals surface area contributed by atoms with E-state index in [1.54, 1.807) is 11.6 Å². The Hall–Kier alpha value is -3.13. The third-order valence-corrected chi connectivity index (χ3v) is 6.19. The molecule has 7 nitrogen and oxygen atoms in total. The molecule has 0 aliphatic rings. The van der Waals surface area contributed by atoms with Crippen molar-refractivity contribution in [1.29, 1.82) is 0 Å². The molecule has 28 heavy (non-hydrogen) atoms. The van der Waals surface area contributed by atoms with Crippen LogP contribution in [0.4, 0.5) is 5.69 Å². The molecule has 0 unspecified atom stereocenters. The lowest BCUT2D eigenvalue weighted by Gasteiger charge is -2.10. The fourth-order valence-electron chi connectivity index (χ4n) is 2.82. The second-order valence-electron chi connectivity index (χ2n) is 6.43. The number of phenolic OH excluding ortho intramolecular Hbond substituents is 1. The molecule has 3 aromatic rings. The largest absolute Gasteiger partial charge is 0.506 e. The summed E-state index contributed by atoms with van der Waals surface area (Å²) in [6.45, 7) is 5.27. The molecule has 2 aromatic carbocycles. The first-order chi connectivity index (χ1) is 13.2. The molecule has 3 rings (SSSR count). The average molecular weight is 399 g/mol. The molecule has 1 amide bonds. The van der Waals surface area contributed by atoms with Crippen LogP contribution in [0.25, 0.3) is 5.69 Å². The molecular weight excluding hydrogens is 378 g/mol. The molecule has 2 N–H and O–H groups in total. The van der Waals surface area contributed by atoms with E-state index >= 15 is 0 Å². The number of nitrogens with zero attached hydrogens (tertiary/aromatic N) is 2. The summed E-state index contributed by atoms with van der Waals surface area (Å²) in [7, 11) is -3.46. The maximum Gasteiger partial charge on any atom is 0.259 e. The Morgan fingerprint density at radius 2 is 1.93 bits per heavy atom. The number of hydrogen-bond acceptors (Lipinski definition) is 5. The molecule has 0 spiro atoms. The van der Waals surface area contributed by atoms with Gasteiger partial charge in [0.15, 0.2) is 9.84 Å². The van der Waals surface area contributed by atoms with E-state index < -0.39 is 15.7 Å². The van der Waals surface area contributed by atoms with Gasteiger partial charge in [-0.3, -0.25) is 4.79 Å². The maximum absolute atomic E-state index is 12.7. The molecule has 0 aliphatic carbocycles. The van der Waals surface area contributed by atoms with E-state index in [-0.39, 0.29) is 22.1 Å². The van der Waals surface area contributed by atoms with Gasteiger partial charge in [-0.15, -0.1) is 0 Å². The van der Waals surface area contributed by atoms with Gasteiger partial charge in [-0.1, -0.05) is 19.1 Å². The van der Waals surface area contributed by atoms with Crippen LogP contribution in [0.1, 0.15) is 28.5 Å². The van der Waals surface area contributed by atoms with E-state index in [1.165, 1.54) is 31.3 Å². The van der Waals surface area contributed by atoms with Crippen LogP contribution in [0.2, 0.25) is 0 Å². The summed E-state index contributed by atoms with van der Waals surface area (Å²) < 4.78 is 25.8. The third-order valence-electron chi connectivity index (χ3n) is 4.46. The minimum absolute atomic E-state index is 0.0298. The molecule has 0 fully saturated rings. The Balaban J connectivity index is 1.92. The third kappa shape index (κ3) is 3.77. The zero-order valence-electron chi connectivity index (χ0n) is 15.8. The van der Waals surface area contributed by atoms with E-state index in [0.29, 0.717) is 11.3 Å². The summed E-state index contributed by atoms with van der Waals surface area (Å²) in [6.07, 6.45) is 1.44. The van der Waals surface area contributed by atoms with E-state index in [0.717, 1.165) is 11.3 Å². The maximum atomic E-state index is 12.7. The van der Waals surface area contributed by atoms with Crippen LogP contribution in [0, 0.1) is 13.8 Å². The molecule has 8 heteroatoms. The van der Waals surface area contributed by atoms with E-state index in [4.69, 9.17) is 0 Å². The summed E-state index contributed by atoms with van der Waals surface area (Å²) in [4.78, 5) is 12.7. The van der Waals surface area contributed by atoms with Gasteiger partial charge in [-0.05, 0) is 49.7 Å². The molecule has 1 heterocycles. The van der Waals surface area contributed by atoms with Crippen LogP contribution >= 0.6 is 0 Å². The van der Waals surface area contributed by atoms with Crippen molar-refractivity contribution in [2.45, 2.75) is 25.7 Å². The number of aromatic hydroxyl groups is 1. The molecule has 1 aromatic heterocycles. The first-order valence-electron chi connectivity index (χ1n) is 8.71. The summed E-state index contributed by atoms with van der Waals surface area (Å²) in [5.74, 6) is -0.780. The van der Waals surface area contributed by atoms with Gasteiger partial charge in [0, 0.05) is 0 Å². The van der Waals surface area contributed by atoms with Gasteiger partial charge in [-0.25, -0.2) is 13.1 Å². The standard InChI is InChI=1S/C20H21N3O4S/c1-4-28(26,27)16-8-9-19(24)18(11-16)22-20(25)17-12-21-23(14(17)3)15-7-5-6-13(2)10-15/h5-12,24H,4H2,1-3H3,(H,22,25). The zero-order valence-corrected chi connectivity index (χ0v) is 16.6. The highest BCUT2D eigenvalue weighted by Gasteiger charge is 2.19. The van der Waals surface area contributed by atoms with Gasteiger partial charge in [0.1, 0.15) is 5.75 Å². The van der Waals surface area contributed by atoms with Gasteiger partial charge < -0.3 is 10.4 Å². The molecule has 0 atom stereocenters. The summed E-state index contributed by atoms with van der Waals surface area (Å²) >= 11 is 0. The van der Waals surface area contributed by atoms with Crippen LogP contribution in [0.15, 0.2) is 53.6 Å². The smallest absolute Gasteiger partial charge is 0.259 e. The lowest BCUT2D eigenvalue weighted by Crippen LogP contribution is -2.14. The first-order valence-corrected chi connectivity index (χ1v) is 10.4.